The van der Waals surface area contributed by atoms with Gasteiger partial charge < -0.3 is 9.47 Å². The zero-order valence-corrected chi connectivity index (χ0v) is 17.6. The Morgan fingerprint density at radius 3 is 1.79 bits per heavy atom. The Morgan fingerprint density at radius 1 is 0.821 bits per heavy atom. The number of hydrogen-bond acceptors (Lipinski definition) is 4. The molecule has 0 aromatic carbocycles. The second-order valence-electron chi connectivity index (χ2n) is 6.38. The highest BCUT2D eigenvalue weighted by Gasteiger charge is 2.10. The van der Waals surface area contributed by atoms with E-state index in [2.05, 4.69) is 26.3 Å². The van der Waals surface area contributed by atoms with Gasteiger partial charge in [0.25, 0.3) is 0 Å². The van der Waals surface area contributed by atoms with E-state index in [1.54, 1.807) is 19.1 Å². The first-order valence-corrected chi connectivity index (χ1v) is 8.85. The van der Waals surface area contributed by atoms with Gasteiger partial charge in [0, 0.05) is 0 Å². The summed E-state index contributed by atoms with van der Waals surface area (Å²) in [5.41, 5.74) is 2.98. The third-order valence-electron chi connectivity index (χ3n) is 3.70. The first-order chi connectivity index (χ1) is 13.0. The van der Waals surface area contributed by atoms with Crippen LogP contribution in [0.4, 0.5) is 0 Å². The van der Waals surface area contributed by atoms with Gasteiger partial charge in [0.05, 0.1) is 11.1 Å². The smallest absolute Gasteiger partial charge is 0.342 e. The number of carbonyl (C=O) groups excluding carboxylic acids is 2. The number of ether oxygens (including phenoxy) is 2. The molecule has 4 nitrogen and oxygen atoms in total. The molecule has 0 unspecified atom stereocenters. The zero-order valence-electron chi connectivity index (χ0n) is 17.6. The first-order valence-electron chi connectivity index (χ1n) is 8.85. The van der Waals surface area contributed by atoms with Crippen LogP contribution in [-0.2, 0) is 19.1 Å². The van der Waals surface area contributed by atoms with Crippen molar-refractivity contribution in [2.24, 2.45) is 0 Å². The Hall–Kier alpha value is -3.14. The van der Waals surface area contributed by atoms with E-state index in [1.807, 2.05) is 33.8 Å². The minimum absolute atomic E-state index is 0.0465. The van der Waals surface area contributed by atoms with E-state index in [1.165, 1.54) is 17.7 Å². The molecule has 0 aliphatic rings. The second kappa shape index (κ2) is 12.3. The fourth-order valence-electron chi connectivity index (χ4n) is 1.54. The van der Waals surface area contributed by atoms with E-state index in [9.17, 15) is 9.59 Å². The molecule has 0 fully saturated rings. The fourth-order valence-corrected chi connectivity index (χ4v) is 1.54. The monoisotopic (exact) mass is 382 g/mol. The van der Waals surface area contributed by atoms with E-state index in [4.69, 9.17) is 9.47 Å². The molecular weight excluding hydrogens is 352 g/mol. The lowest BCUT2D eigenvalue weighted by Gasteiger charge is -2.06. The normalized spacial score (nSPS) is 12.5. The SMILES string of the molecule is C=C(/C=C(/C)C(=C)C)OC(=O)C(=C)/C=C\C(=C)C(=O)O/C(C)=C/C=C(/C)CC. The lowest BCUT2D eigenvalue weighted by molar-refractivity contribution is -0.135. The molecule has 0 spiro atoms. The highest BCUT2D eigenvalue weighted by molar-refractivity contribution is 5.94. The van der Waals surface area contributed by atoms with Crippen molar-refractivity contribution in [2.75, 3.05) is 0 Å². The summed E-state index contributed by atoms with van der Waals surface area (Å²) in [5, 5.41) is 0. The maximum absolute atomic E-state index is 12.0. The molecule has 0 radical (unpaired) electrons. The molecule has 0 rings (SSSR count). The molecule has 0 aliphatic carbocycles. The van der Waals surface area contributed by atoms with Crippen molar-refractivity contribution < 1.29 is 19.1 Å². The summed E-state index contributed by atoms with van der Waals surface area (Å²) in [7, 11) is 0. The Kier molecular flexibility index (Phi) is 10.9. The van der Waals surface area contributed by atoms with Crippen molar-refractivity contribution in [3.8, 4) is 0 Å². The molecule has 0 saturated carbocycles. The van der Waals surface area contributed by atoms with E-state index in [0.717, 1.165) is 17.6 Å². The van der Waals surface area contributed by atoms with Gasteiger partial charge in [0.1, 0.15) is 11.5 Å². The van der Waals surface area contributed by atoms with Crippen molar-refractivity contribution in [2.45, 2.75) is 41.0 Å². The summed E-state index contributed by atoms with van der Waals surface area (Å²) in [6.07, 6.45) is 8.82. The van der Waals surface area contributed by atoms with Crippen LogP contribution in [0, 0.1) is 0 Å². The highest BCUT2D eigenvalue weighted by Crippen LogP contribution is 2.12. The minimum Gasteiger partial charge on any atom is -0.428 e. The number of hydrogen-bond donors (Lipinski definition) is 0. The number of rotatable bonds is 10. The van der Waals surface area contributed by atoms with Gasteiger partial charge in [-0.1, -0.05) is 50.5 Å². The van der Waals surface area contributed by atoms with Gasteiger partial charge in [-0.15, -0.1) is 0 Å². The van der Waals surface area contributed by atoms with E-state index >= 15 is 0 Å². The second-order valence-corrected chi connectivity index (χ2v) is 6.38. The van der Waals surface area contributed by atoms with Crippen molar-refractivity contribution in [3.63, 3.8) is 0 Å². The predicted molar refractivity (Wildman–Crippen MR) is 115 cm³/mol. The Morgan fingerprint density at radius 2 is 1.32 bits per heavy atom. The van der Waals surface area contributed by atoms with Crippen LogP contribution in [0.3, 0.4) is 0 Å². The topological polar surface area (TPSA) is 52.6 Å². The molecule has 0 amide bonds. The Bertz CT molecular complexity index is 798. The van der Waals surface area contributed by atoms with Crippen molar-refractivity contribution in [1.29, 1.82) is 0 Å². The van der Waals surface area contributed by atoms with Crippen LogP contribution in [0.2, 0.25) is 0 Å². The van der Waals surface area contributed by atoms with E-state index in [-0.39, 0.29) is 16.9 Å². The average Bonchev–Trinajstić information content (AvgIpc) is 2.63. The molecule has 0 N–H and O–H groups in total. The van der Waals surface area contributed by atoms with Gasteiger partial charge in [-0.3, -0.25) is 0 Å². The largest absolute Gasteiger partial charge is 0.428 e. The van der Waals surface area contributed by atoms with Gasteiger partial charge in [-0.25, -0.2) is 9.59 Å². The van der Waals surface area contributed by atoms with Gasteiger partial charge in [-0.2, -0.15) is 0 Å². The lowest BCUT2D eigenvalue weighted by Crippen LogP contribution is -2.06. The summed E-state index contributed by atoms with van der Waals surface area (Å²) in [5.74, 6) is -0.668. The average molecular weight is 383 g/mol. The molecule has 0 atom stereocenters. The number of esters is 2. The Balaban J connectivity index is 4.79. The predicted octanol–water partition coefficient (Wildman–Crippen LogP) is 6.04. The molecule has 0 heterocycles. The quantitative estimate of drug-likeness (QED) is 0.200. The third-order valence-corrected chi connectivity index (χ3v) is 3.70. The van der Waals surface area contributed by atoms with Crippen LogP contribution in [0.5, 0.6) is 0 Å². The molecule has 0 bridgehead atoms. The van der Waals surface area contributed by atoms with Crippen LogP contribution < -0.4 is 0 Å². The highest BCUT2D eigenvalue weighted by atomic mass is 16.5. The van der Waals surface area contributed by atoms with Crippen LogP contribution in [0.15, 0.2) is 96.1 Å². The molecule has 0 aliphatic heterocycles. The maximum atomic E-state index is 12.0. The molecule has 0 aromatic heterocycles. The van der Waals surface area contributed by atoms with Crippen LogP contribution >= 0.6 is 0 Å². The number of carbonyl (C=O) groups is 2. The van der Waals surface area contributed by atoms with Gasteiger partial charge in [0.15, 0.2) is 0 Å². The Labute approximate surface area is 168 Å². The molecule has 150 valence electrons. The van der Waals surface area contributed by atoms with Gasteiger partial charge >= 0.3 is 11.9 Å². The summed E-state index contributed by atoms with van der Waals surface area (Å²) < 4.78 is 10.3. The van der Waals surface area contributed by atoms with E-state index < -0.39 is 11.9 Å². The van der Waals surface area contributed by atoms with Gasteiger partial charge in [0.2, 0.25) is 0 Å². The lowest BCUT2D eigenvalue weighted by atomic mass is 10.1. The standard InChI is InChI=1S/C24H30O4/c1-10-17(4)11-14-21(8)27-23(25)18(5)12-13-19(6)24(26)28-22(9)15-20(7)16(2)3/h11-15H,2,5-6,9-10H2,1,3-4,7-8H3/b13-12-,17-11-,20-15-,21-14+. The summed E-state index contributed by atoms with van der Waals surface area (Å²) >= 11 is 0. The van der Waals surface area contributed by atoms with Crippen molar-refractivity contribution in [1.82, 2.24) is 0 Å². The van der Waals surface area contributed by atoms with Crippen LogP contribution in [0.25, 0.3) is 0 Å². The van der Waals surface area contributed by atoms with E-state index in [0.29, 0.717) is 5.76 Å². The molecule has 4 heteroatoms. The van der Waals surface area contributed by atoms with Gasteiger partial charge in [-0.05, 0) is 64.0 Å². The molecular formula is C24H30O4. The maximum Gasteiger partial charge on any atom is 0.342 e. The van der Waals surface area contributed by atoms with Crippen molar-refractivity contribution >= 4 is 11.9 Å². The summed E-state index contributed by atoms with van der Waals surface area (Å²) in [6, 6.07) is 0. The minimum atomic E-state index is -0.676. The summed E-state index contributed by atoms with van der Waals surface area (Å²) in [6.45, 7) is 24.1. The zero-order chi connectivity index (χ0) is 21.9. The third kappa shape index (κ3) is 10.1. The van der Waals surface area contributed by atoms with Crippen molar-refractivity contribution in [3.05, 3.63) is 96.1 Å². The molecule has 0 saturated heterocycles. The molecule has 0 aromatic rings. The fraction of sp³-hybridized carbons (Fsp3) is 0.250. The summed E-state index contributed by atoms with van der Waals surface area (Å²) in [4.78, 5) is 24.0. The first kappa shape index (κ1) is 24.9. The number of allylic oxidation sites excluding steroid dienone is 7. The van der Waals surface area contributed by atoms with Crippen LogP contribution in [-0.4, -0.2) is 11.9 Å². The van der Waals surface area contributed by atoms with Crippen LogP contribution in [0.1, 0.15) is 41.0 Å². The molecule has 28 heavy (non-hydrogen) atoms.